The van der Waals surface area contributed by atoms with Crippen LogP contribution in [0.5, 0.6) is 0 Å². The van der Waals surface area contributed by atoms with Crippen molar-refractivity contribution < 1.29 is 0 Å². The van der Waals surface area contributed by atoms with Crippen LogP contribution in [0.3, 0.4) is 0 Å². The van der Waals surface area contributed by atoms with Crippen LogP contribution in [0, 0.1) is 23.7 Å². The molecule has 0 aliphatic heterocycles. The molecule has 2 aliphatic rings. The molecule has 0 atom stereocenters. The lowest BCUT2D eigenvalue weighted by atomic mass is 9.61. The molecular weight excluding hydrogens is 238 g/mol. The number of rotatable bonds is 2. The molecule has 2 aliphatic carbocycles. The Morgan fingerprint density at radius 2 is 1.83 bits per heavy atom. The highest BCUT2D eigenvalue weighted by atomic mass is 32.2. The van der Waals surface area contributed by atoms with Crippen molar-refractivity contribution in [3.05, 3.63) is 29.8 Å². The zero-order valence-electron chi connectivity index (χ0n) is 10.9. The third kappa shape index (κ3) is 1.95. The molecule has 18 heavy (non-hydrogen) atoms. The first-order chi connectivity index (χ1) is 8.67. The number of hydrogen-bond donors (Lipinski definition) is 0. The van der Waals surface area contributed by atoms with E-state index in [0.717, 1.165) is 12.8 Å². The maximum absolute atomic E-state index is 9.56. The van der Waals surface area contributed by atoms with Crippen LogP contribution >= 0.6 is 11.8 Å². The first-order valence-electron chi connectivity index (χ1n) is 6.83. The summed E-state index contributed by atoms with van der Waals surface area (Å²) in [4.78, 5) is 1.28. The van der Waals surface area contributed by atoms with Crippen molar-refractivity contribution in [2.45, 2.75) is 55.1 Å². The summed E-state index contributed by atoms with van der Waals surface area (Å²) in [5.74, 6) is 0. The molecular formula is C16H19NS. The number of benzene rings is 1. The first kappa shape index (κ1) is 12.1. The van der Waals surface area contributed by atoms with Gasteiger partial charge in [-0.05, 0) is 49.7 Å². The third-order valence-corrected chi connectivity index (χ3v) is 6.04. The molecule has 1 spiro atoms. The molecule has 0 amide bonds. The summed E-state index contributed by atoms with van der Waals surface area (Å²) in [6.45, 7) is 2.14. The summed E-state index contributed by atoms with van der Waals surface area (Å²) in [5.41, 5.74) is 1.83. The second kappa shape index (κ2) is 4.31. The van der Waals surface area contributed by atoms with E-state index in [2.05, 4.69) is 37.3 Å². The van der Waals surface area contributed by atoms with Crippen molar-refractivity contribution in [1.29, 1.82) is 5.26 Å². The zero-order valence-corrected chi connectivity index (χ0v) is 11.7. The van der Waals surface area contributed by atoms with Crippen molar-refractivity contribution in [3.63, 3.8) is 0 Å². The average Bonchev–Trinajstić information content (AvgIpc) is 2.80. The summed E-state index contributed by atoms with van der Waals surface area (Å²) in [6, 6.07) is 11.0. The quantitative estimate of drug-likeness (QED) is 0.766. The molecule has 94 valence electrons. The number of aryl methyl sites for hydroxylation is 1. The molecule has 2 saturated carbocycles. The Morgan fingerprint density at radius 1 is 1.17 bits per heavy atom. The lowest BCUT2D eigenvalue weighted by Gasteiger charge is -2.50. The SMILES string of the molecule is Cc1ccccc1SC1(C#N)CC2(CCCC2)C1. The van der Waals surface area contributed by atoms with Gasteiger partial charge in [0.05, 0.1) is 6.07 Å². The Hall–Kier alpha value is -0.940. The zero-order chi connectivity index (χ0) is 12.6. The van der Waals surface area contributed by atoms with Gasteiger partial charge >= 0.3 is 0 Å². The number of nitrogens with zero attached hydrogens (tertiary/aromatic N) is 1. The van der Waals surface area contributed by atoms with Gasteiger partial charge in [-0.25, -0.2) is 0 Å². The fraction of sp³-hybridized carbons (Fsp3) is 0.562. The molecule has 1 nitrogen and oxygen atoms in total. The largest absolute Gasteiger partial charge is 0.197 e. The molecule has 3 rings (SSSR count). The average molecular weight is 257 g/mol. The van der Waals surface area contributed by atoms with Gasteiger partial charge in [-0.15, -0.1) is 11.8 Å². The number of hydrogen-bond acceptors (Lipinski definition) is 2. The molecule has 0 unspecified atom stereocenters. The van der Waals surface area contributed by atoms with Crippen molar-refractivity contribution in [1.82, 2.24) is 0 Å². The maximum atomic E-state index is 9.56. The highest BCUT2D eigenvalue weighted by molar-refractivity contribution is 8.01. The second-order valence-corrected chi connectivity index (χ2v) is 7.46. The fourth-order valence-electron chi connectivity index (χ4n) is 3.69. The van der Waals surface area contributed by atoms with E-state index >= 15 is 0 Å². The van der Waals surface area contributed by atoms with E-state index in [1.54, 1.807) is 11.8 Å². The minimum atomic E-state index is -0.142. The van der Waals surface area contributed by atoms with Gasteiger partial charge in [0.25, 0.3) is 0 Å². The Morgan fingerprint density at radius 3 is 2.44 bits per heavy atom. The van der Waals surface area contributed by atoms with Crippen LogP contribution in [0.15, 0.2) is 29.2 Å². The van der Waals surface area contributed by atoms with E-state index in [4.69, 9.17) is 0 Å². The monoisotopic (exact) mass is 257 g/mol. The molecule has 2 fully saturated rings. The van der Waals surface area contributed by atoms with Gasteiger partial charge in [-0.1, -0.05) is 31.0 Å². The van der Waals surface area contributed by atoms with Gasteiger partial charge in [0.15, 0.2) is 0 Å². The maximum Gasteiger partial charge on any atom is 0.108 e. The Labute approximate surface area is 114 Å². The highest BCUT2D eigenvalue weighted by Gasteiger charge is 2.56. The summed E-state index contributed by atoms with van der Waals surface area (Å²) < 4.78 is -0.142. The van der Waals surface area contributed by atoms with Crippen molar-refractivity contribution in [2.75, 3.05) is 0 Å². The summed E-state index contributed by atoms with van der Waals surface area (Å²) in [5, 5.41) is 9.56. The Kier molecular flexibility index (Phi) is 2.90. The van der Waals surface area contributed by atoms with E-state index in [1.165, 1.54) is 36.1 Å². The first-order valence-corrected chi connectivity index (χ1v) is 7.65. The van der Waals surface area contributed by atoms with E-state index in [-0.39, 0.29) is 4.75 Å². The van der Waals surface area contributed by atoms with Crippen LogP contribution in [-0.2, 0) is 0 Å². The summed E-state index contributed by atoms with van der Waals surface area (Å²) >= 11 is 1.80. The van der Waals surface area contributed by atoms with E-state index in [9.17, 15) is 5.26 Å². The number of nitriles is 1. The van der Waals surface area contributed by atoms with E-state index < -0.39 is 0 Å². The minimum Gasteiger partial charge on any atom is -0.197 e. The molecule has 0 aromatic heterocycles. The van der Waals surface area contributed by atoms with Crippen molar-refractivity contribution in [3.8, 4) is 6.07 Å². The minimum absolute atomic E-state index is 0.142. The number of thioether (sulfide) groups is 1. The van der Waals surface area contributed by atoms with Crippen LogP contribution < -0.4 is 0 Å². The van der Waals surface area contributed by atoms with Gasteiger partial charge in [0, 0.05) is 4.90 Å². The molecule has 0 saturated heterocycles. The molecule has 1 aromatic rings. The van der Waals surface area contributed by atoms with Gasteiger partial charge in [0.1, 0.15) is 4.75 Å². The molecule has 1 aromatic carbocycles. The van der Waals surface area contributed by atoms with Gasteiger partial charge in [0.2, 0.25) is 0 Å². The lowest BCUT2D eigenvalue weighted by Crippen LogP contribution is -2.47. The molecule has 0 heterocycles. The summed E-state index contributed by atoms with van der Waals surface area (Å²) in [7, 11) is 0. The Bertz CT molecular complexity index is 486. The Balaban J connectivity index is 1.76. The van der Waals surface area contributed by atoms with E-state index in [1.807, 2.05) is 0 Å². The fourth-order valence-corrected chi connectivity index (χ4v) is 5.29. The molecule has 2 heteroatoms. The van der Waals surface area contributed by atoms with Crippen LogP contribution in [0.25, 0.3) is 0 Å². The van der Waals surface area contributed by atoms with Gasteiger partial charge < -0.3 is 0 Å². The smallest absolute Gasteiger partial charge is 0.108 e. The highest BCUT2D eigenvalue weighted by Crippen LogP contribution is 2.63. The van der Waals surface area contributed by atoms with Crippen molar-refractivity contribution >= 4 is 11.8 Å². The molecule has 0 bridgehead atoms. The van der Waals surface area contributed by atoms with Crippen LogP contribution in [0.2, 0.25) is 0 Å². The molecule has 0 radical (unpaired) electrons. The van der Waals surface area contributed by atoms with Gasteiger partial charge in [-0.3, -0.25) is 0 Å². The van der Waals surface area contributed by atoms with Crippen LogP contribution in [0.4, 0.5) is 0 Å². The van der Waals surface area contributed by atoms with Gasteiger partial charge in [-0.2, -0.15) is 5.26 Å². The predicted molar refractivity (Wildman–Crippen MR) is 75.5 cm³/mol. The third-order valence-electron chi connectivity index (χ3n) is 4.59. The molecule has 0 N–H and O–H groups in total. The lowest BCUT2D eigenvalue weighted by molar-refractivity contribution is 0.119. The second-order valence-electron chi connectivity index (χ2n) is 6.03. The van der Waals surface area contributed by atoms with Crippen LogP contribution in [-0.4, -0.2) is 4.75 Å². The van der Waals surface area contributed by atoms with E-state index in [0.29, 0.717) is 5.41 Å². The summed E-state index contributed by atoms with van der Waals surface area (Å²) in [6.07, 6.45) is 7.66. The normalized spacial score (nSPS) is 23.6. The topological polar surface area (TPSA) is 23.8 Å². The standard InChI is InChI=1S/C16H19NS/c1-13-6-2-3-7-14(13)18-16(12-17)10-15(11-16)8-4-5-9-15/h2-3,6-7H,4-5,8-11H2,1H3. The predicted octanol–water partition coefficient (Wildman–Crippen LogP) is 4.70. The van der Waals surface area contributed by atoms with Crippen LogP contribution in [0.1, 0.15) is 44.1 Å². The van der Waals surface area contributed by atoms with Crippen molar-refractivity contribution in [2.24, 2.45) is 5.41 Å².